The fourth-order valence-electron chi connectivity index (χ4n) is 2.00. The molecule has 2 N–H and O–H groups in total. The van der Waals surface area contributed by atoms with E-state index in [0.717, 1.165) is 22.6 Å². The number of aromatic nitrogens is 1. The third-order valence-electron chi connectivity index (χ3n) is 2.91. The minimum atomic E-state index is 0.850. The van der Waals surface area contributed by atoms with Crippen LogP contribution in [0.2, 0.25) is 0 Å². The Labute approximate surface area is 105 Å². The van der Waals surface area contributed by atoms with Gasteiger partial charge < -0.3 is 15.0 Å². The van der Waals surface area contributed by atoms with Crippen molar-refractivity contribution in [3.63, 3.8) is 0 Å². The van der Waals surface area contributed by atoms with Crippen molar-refractivity contribution in [2.45, 2.75) is 0 Å². The summed E-state index contributed by atoms with van der Waals surface area (Å²) in [7, 11) is 1.67. The summed E-state index contributed by atoms with van der Waals surface area (Å²) in [6.45, 7) is 0. The summed E-state index contributed by atoms with van der Waals surface area (Å²) < 4.78 is 5.21. The molecule has 3 heteroatoms. The number of ether oxygens (including phenoxy) is 1. The molecule has 0 saturated heterocycles. The fourth-order valence-corrected chi connectivity index (χ4v) is 2.00. The lowest BCUT2D eigenvalue weighted by Gasteiger charge is -2.08. The van der Waals surface area contributed by atoms with E-state index in [1.165, 1.54) is 5.39 Å². The molecule has 2 aromatic carbocycles. The molecule has 1 heterocycles. The van der Waals surface area contributed by atoms with E-state index in [4.69, 9.17) is 4.74 Å². The van der Waals surface area contributed by atoms with E-state index in [1.807, 2.05) is 30.5 Å². The number of fused-ring (bicyclic) bond motifs is 1. The van der Waals surface area contributed by atoms with Gasteiger partial charge in [-0.05, 0) is 36.4 Å². The van der Waals surface area contributed by atoms with Crippen molar-refractivity contribution in [3.8, 4) is 5.75 Å². The van der Waals surface area contributed by atoms with Gasteiger partial charge in [-0.3, -0.25) is 0 Å². The summed E-state index contributed by atoms with van der Waals surface area (Å²) in [6, 6.07) is 16.2. The van der Waals surface area contributed by atoms with Gasteiger partial charge in [0.1, 0.15) is 5.75 Å². The van der Waals surface area contributed by atoms with Crippen LogP contribution in [0.3, 0.4) is 0 Å². The van der Waals surface area contributed by atoms with E-state index in [2.05, 4.69) is 34.6 Å². The number of benzene rings is 2. The van der Waals surface area contributed by atoms with Gasteiger partial charge in [-0.1, -0.05) is 6.07 Å². The van der Waals surface area contributed by atoms with Crippen LogP contribution in [0.1, 0.15) is 0 Å². The molecule has 0 aliphatic heterocycles. The maximum absolute atomic E-state index is 5.21. The molecule has 90 valence electrons. The molecule has 0 saturated carbocycles. The van der Waals surface area contributed by atoms with Crippen LogP contribution in [-0.4, -0.2) is 12.1 Å². The zero-order valence-corrected chi connectivity index (χ0v) is 10.1. The third kappa shape index (κ3) is 2.02. The predicted octanol–water partition coefficient (Wildman–Crippen LogP) is 3.92. The minimum Gasteiger partial charge on any atom is -0.497 e. The van der Waals surface area contributed by atoms with E-state index in [1.54, 1.807) is 7.11 Å². The average Bonchev–Trinajstić information content (AvgIpc) is 2.86. The Morgan fingerprint density at radius 2 is 1.89 bits per heavy atom. The molecule has 3 aromatic rings. The van der Waals surface area contributed by atoms with Crippen molar-refractivity contribution in [2.75, 3.05) is 12.4 Å². The number of aromatic amines is 1. The van der Waals surface area contributed by atoms with Gasteiger partial charge >= 0.3 is 0 Å². The Bertz CT molecular complexity index is 673. The molecule has 0 aliphatic rings. The highest BCUT2D eigenvalue weighted by atomic mass is 16.5. The Hall–Kier alpha value is -2.42. The van der Waals surface area contributed by atoms with Crippen LogP contribution in [0.5, 0.6) is 5.75 Å². The fraction of sp³-hybridized carbons (Fsp3) is 0.0667. The first-order chi connectivity index (χ1) is 8.85. The molecule has 0 atom stereocenters. The summed E-state index contributed by atoms with van der Waals surface area (Å²) >= 11 is 0. The van der Waals surface area contributed by atoms with Gasteiger partial charge in [0, 0.05) is 34.5 Å². The minimum absolute atomic E-state index is 0.850. The van der Waals surface area contributed by atoms with Gasteiger partial charge in [-0.15, -0.1) is 0 Å². The highest BCUT2D eigenvalue weighted by Crippen LogP contribution is 2.23. The second kappa shape index (κ2) is 4.45. The first kappa shape index (κ1) is 10.7. The van der Waals surface area contributed by atoms with E-state index < -0.39 is 0 Å². The van der Waals surface area contributed by atoms with Crippen LogP contribution >= 0.6 is 0 Å². The predicted molar refractivity (Wildman–Crippen MR) is 74.6 cm³/mol. The number of anilines is 2. The molecule has 0 amide bonds. The topological polar surface area (TPSA) is 37.0 Å². The van der Waals surface area contributed by atoms with Crippen molar-refractivity contribution >= 4 is 22.3 Å². The SMILES string of the molecule is COc1cccc(Nc2ccc3[nH]ccc3c2)c1. The van der Waals surface area contributed by atoms with Gasteiger partial charge in [0.25, 0.3) is 0 Å². The van der Waals surface area contributed by atoms with Crippen molar-refractivity contribution < 1.29 is 4.74 Å². The highest BCUT2D eigenvalue weighted by molar-refractivity contribution is 5.84. The molecule has 1 aromatic heterocycles. The maximum Gasteiger partial charge on any atom is 0.120 e. The summed E-state index contributed by atoms with van der Waals surface area (Å²) in [5.41, 5.74) is 3.23. The number of methoxy groups -OCH3 is 1. The Kier molecular flexibility index (Phi) is 2.65. The summed E-state index contributed by atoms with van der Waals surface area (Å²) in [5.74, 6) is 0.850. The summed E-state index contributed by atoms with van der Waals surface area (Å²) in [6.07, 6.45) is 1.94. The lowest BCUT2D eigenvalue weighted by molar-refractivity contribution is 0.415. The van der Waals surface area contributed by atoms with Gasteiger partial charge in [0.2, 0.25) is 0 Å². The molecule has 0 spiro atoms. The Morgan fingerprint density at radius 1 is 1.00 bits per heavy atom. The molecule has 0 bridgehead atoms. The van der Waals surface area contributed by atoms with E-state index >= 15 is 0 Å². The smallest absolute Gasteiger partial charge is 0.120 e. The van der Waals surface area contributed by atoms with Crippen LogP contribution in [0.4, 0.5) is 11.4 Å². The van der Waals surface area contributed by atoms with E-state index in [0.29, 0.717) is 0 Å². The number of hydrogen-bond acceptors (Lipinski definition) is 2. The van der Waals surface area contributed by atoms with Crippen LogP contribution in [-0.2, 0) is 0 Å². The Balaban J connectivity index is 1.90. The molecule has 0 unspecified atom stereocenters. The normalized spacial score (nSPS) is 10.5. The monoisotopic (exact) mass is 238 g/mol. The van der Waals surface area contributed by atoms with Gasteiger partial charge in [-0.25, -0.2) is 0 Å². The van der Waals surface area contributed by atoms with Gasteiger partial charge in [0.15, 0.2) is 0 Å². The molecule has 3 rings (SSSR count). The number of hydrogen-bond donors (Lipinski definition) is 2. The van der Waals surface area contributed by atoms with Crippen molar-refractivity contribution in [1.29, 1.82) is 0 Å². The number of nitrogens with one attached hydrogen (secondary N) is 2. The second-order valence-electron chi connectivity index (χ2n) is 4.14. The quantitative estimate of drug-likeness (QED) is 0.725. The maximum atomic E-state index is 5.21. The Morgan fingerprint density at radius 3 is 2.78 bits per heavy atom. The van der Waals surface area contributed by atoms with E-state index in [-0.39, 0.29) is 0 Å². The molecular weight excluding hydrogens is 224 g/mol. The van der Waals surface area contributed by atoms with Gasteiger partial charge in [-0.2, -0.15) is 0 Å². The zero-order chi connectivity index (χ0) is 12.4. The first-order valence-corrected chi connectivity index (χ1v) is 5.83. The molecule has 3 nitrogen and oxygen atoms in total. The third-order valence-corrected chi connectivity index (χ3v) is 2.91. The second-order valence-corrected chi connectivity index (χ2v) is 4.14. The van der Waals surface area contributed by atoms with Gasteiger partial charge in [0.05, 0.1) is 7.11 Å². The average molecular weight is 238 g/mol. The lowest BCUT2D eigenvalue weighted by Crippen LogP contribution is -1.91. The van der Waals surface area contributed by atoms with Crippen LogP contribution in [0.25, 0.3) is 10.9 Å². The summed E-state index contributed by atoms with van der Waals surface area (Å²) in [4.78, 5) is 3.18. The van der Waals surface area contributed by atoms with Crippen LogP contribution < -0.4 is 10.1 Å². The van der Waals surface area contributed by atoms with Crippen LogP contribution in [0, 0.1) is 0 Å². The van der Waals surface area contributed by atoms with Crippen LogP contribution in [0.15, 0.2) is 54.7 Å². The van der Waals surface area contributed by atoms with E-state index in [9.17, 15) is 0 Å². The van der Waals surface area contributed by atoms with Crippen molar-refractivity contribution in [2.24, 2.45) is 0 Å². The number of rotatable bonds is 3. The molecule has 18 heavy (non-hydrogen) atoms. The standard InChI is InChI=1S/C15H14N2O/c1-18-14-4-2-3-12(10-14)17-13-5-6-15-11(9-13)7-8-16-15/h2-10,16-17H,1H3. The largest absolute Gasteiger partial charge is 0.497 e. The summed E-state index contributed by atoms with van der Waals surface area (Å²) in [5, 5.41) is 4.56. The lowest BCUT2D eigenvalue weighted by atomic mass is 10.2. The number of H-pyrrole nitrogens is 1. The molecule has 0 fully saturated rings. The first-order valence-electron chi connectivity index (χ1n) is 5.83. The molecule has 0 aliphatic carbocycles. The van der Waals surface area contributed by atoms with Crippen molar-refractivity contribution in [1.82, 2.24) is 4.98 Å². The molecular formula is C15H14N2O. The molecule has 0 radical (unpaired) electrons. The highest BCUT2D eigenvalue weighted by Gasteiger charge is 1.99. The van der Waals surface area contributed by atoms with Crippen molar-refractivity contribution in [3.05, 3.63) is 54.7 Å². The zero-order valence-electron chi connectivity index (χ0n) is 10.1.